The smallest absolute Gasteiger partial charge is 0.495 e. The lowest BCUT2D eigenvalue weighted by molar-refractivity contribution is -0.276. The minimum Gasteiger partial charge on any atom is -0.495 e. The molecule has 0 saturated carbocycles. The topological polar surface area (TPSA) is 31.4 Å². The maximum atomic E-state index is 12.1. The predicted octanol–water partition coefficient (Wildman–Crippen LogP) is 3.19. The zero-order valence-electron chi connectivity index (χ0n) is 8.56. The van der Waals surface area contributed by atoms with E-state index in [0.29, 0.717) is 11.4 Å². The van der Waals surface area contributed by atoms with Crippen LogP contribution in [0.25, 0.3) is 0 Å². The molecule has 1 rings (SSSR count). The van der Waals surface area contributed by atoms with Crippen molar-refractivity contribution in [2.75, 3.05) is 7.11 Å². The number of halogens is 4. The molecule has 3 nitrogen and oxygen atoms in total. The number of nitrogens with zero attached hydrogens (tertiary/aromatic N) is 1. The van der Waals surface area contributed by atoms with E-state index in [1.54, 1.807) is 6.92 Å². The molecular formula is C9H9BrF3NO2. The second kappa shape index (κ2) is 4.90. The Bertz CT molecular complexity index is 382. The Labute approximate surface area is 98.7 Å². The molecule has 16 heavy (non-hydrogen) atoms. The van der Waals surface area contributed by atoms with Crippen molar-refractivity contribution in [1.29, 1.82) is 0 Å². The highest BCUT2D eigenvalue weighted by molar-refractivity contribution is 9.08. The van der Waals surface area contributed by atoms with Crippen LogP contribution in [0.15, 0.2) is 6.07 Å². The van der Waals surface area contributed by atoms with Gasteiger partial charge >= 0.3 is 6.36 Å². The van der Waals surface area contributed by atoms with Crippen LogP contribution in [0.2, 0.25) is 0 Å². The highest BCUT2D eigenvalue weighted by Gasteiger charge is 2.33. The highest BCUT2D eigenvalue weighted by Crippen LogP contribution is 2.30. The molecule has 1 aromatic heterocycles. The van der Waals surface area contributed by atoms with Gasteiger partial charge < -0.3 is 9.47 Å². The minimum absolute atomic E-state index is 0.196. The molecule has 0 N–H and O–H groups in total. The van der Waals surface area contributed by atoms with E-state index in [4.69, 9.17) is 4.74 Å². The SMILES string of the molecule is COc1cc(CBr)c(OC(F)(F)F)nc1C. The largest absolute Gasteiger partial charge is 0.574 e. The third kappa shape index (κ3) is 3.26. The summed E-state index contributed by atoms with van der Waals surface area (Å²) in [6, 6.07) is 1.46. The average Bonchev–Trinajstić information content (AvgIpc) is 2.16. The van der Waals surface area contributed by atoms with Crippen LogP contribution in [0.4, 0.5) is 13.2 Å². The van der Waals surface area contributed by atoms with Gasteiger partial charge in [0, 0.05) is 10.9 Å². The molecule has 0 saturated heterocycles. The summed E-state index contributed by atoms with van der Waals surface area (Å²) < 4.78 is 44.9. The number of hydrogen-bond acceptors (Lipinski definition) is 3. The van der Waals surface area contributed by atoms with Crippen LogP contribution in [-0.2, 0) is 5.33 Å². The lowest BCUT2D eigenvalue weighted by Gasteiger charge is -2.13. The van der Waals surface area contributed by atoms with Gasteiger partial charge in [-0.15, -0.1) is 13.2 Å². The van der Waals surface area contributed by atoms with E-state index in [9.17, 15) is 13.2 Å². The summed E-state index contributed by atoms with van der Waals surface area (Å²) >= 11 is 3.06. The quantitative estimate of drug-likeness (QED) is 0.803. The molecule has 1 aromatic rings. The van der Waals surface area contributed by atoms with Crippen molar-refractivity contribution in [2.45, 2.75) is 18.6 Å². The van der Waals surface area contributed by atoms with Crippen molar-refractivity contribution in [3.8, 4) is 11.6 Å². The van der Waals surface area contributed by atoms with Gasteiger partial charge in [-0.05, 0) is 13.0 Å². The van der Waals surface area contributed by atoms with Gasteiger partial charge in [0.05, 0.1) is 12.8 Å². The number of pyridine rings is 1. The third-order valence-corrected chi connectivity index (χ3v) is 2.39. The Morgan fingerprint density at radius 2 is 2.06 bits per heavy atom. The Kier molecular flexibility index (Phi) is 4.01. The second-order valence-electron chi connectivity index (χ2n) is 2.92. The van der Waals surface area contributed by atoms with E-state index in [2.05, 4.69) is 25.7 Å². The summed E-state index contributed by atoms with van der Waals surface area (Å²) in [6.45, 7) is 1.54. The second-order valence-corrected chi connectivity index (χ2v) is 3.48. The monoisotopic (exact) mass is 299 g/mol. The molecular weight excluding hydrogens is 291 g/mol. The normalized spacial score (nSPS) is 11.4. The van der Waals surface area contributed by atoms with E-state index in [1.807, 2.05) is 0 Å². The number of methoxy groups -OCH3 is 1. The maximum Gasteiger partial charge on any atom is 0.574 e. The van der Waals surface area contributed by atoms with Gasteiger partial charge in [0.1, 0.15) is 5.75 Å². The molecule has 0 bridgehead atoms. The Morgan fingerprint density at radius 3 is 2.50 bits per heavy atom. The van der Waals surface area contributed by atoms with E-state index >= 15 is 0 Å². The van der Waals surface area contributed by atoms with Crippen LogP contribution in [0.1, 0.15) is 11.3 Å². The zero-order valence-corrected chi connectivity index (χ0v) is 10.1. The Balaban J connectivity index is 3.13. The van der Waals surface area contributed by atoms with E-state index in [0.717, 1.165) is 0 Å². The first-order valence-electron chi connectivity index (χ1n) is 4.23. The van der Waals surface area contributed by atoms with Crippen LogP contribution >= 0.6 is 15.9 Å². The molecule has 0 aliphatic heterocycles. The van der Waals surface area contributed by atoms with Crippen LogP contribution in [0.3, 0.4) is 0 Å². The fourth-order valence-electron chi connectivity index (χ4n) is 1.10. The van der Waals surface area contributed by atoms with Gasteiger partial charge in [-0.25, -0.2) is 4.98 Å². The van der Waals surface area contributed by atoms with Gasteiger partial charge in [0.25, 0.3) is 0 Å². The average molecular weight is 300 g/mol. The zero-order chi connectivity index (χ0) is 12.3. The number of aryl methyl sites for hydroxylation is 1. The van der Waals surface area contributed by atoms with Gasteiger partial charge in [0.2, 0.25) is 5.88 Å². The molecule has 1 heterocycles. The first-order chi connectivity index (χ1) is 7.37. The fourth-order valence-corrected chi connectivity index (χ4v) is 1.51. The van der Waals surface area contributed by atoms with Crippen LogP contribution in [0.5, 0.6) is 11.6 Å². The molecule has 0 aromatic carbocycles. The first-order valence-corrected chi connectivity index (χ1v) is 5.35. The van der Waals surface area contributed by atoms with Gasteiger partial charge in [0.15, 0.2) is 0 Å². The molecule has 7 heteroatoms. The van der Waals surface area contributed by atoms with Crippen LogP contribution in [-0.4, -0.2) is 18.5 Å². The van der Waals surface area contributed by atoms with Crippen molar-refractivity contribution in [2.24, 2.45) is 0 Å². The van der Waals surface area contributed by atoms with Gasteiger partial charge in [-0.2, -0.15) is 0 Å². The summed E-state index contributed by atoms with van der Waals surface area (Å²) in [5.74, 6) is -0.0355. The van der Waals surface area contributed by atoms with E-state index in [1.165, 1.54) is 13.2 Å². The number of alkyl halides is 4. The minimum atomic E-state index is -4.75. The van der Waals surface area contributed by atoms with E-state index < -0.39 is 12.2 Å². The number of hydrogen-bond donors (Lipinski definition) is 0. The number of ether oxygens (including phenoxy) is 2. The lowest BCUT2D eigenvalue weighted by atomic mass is 10.2. The number of rotatable bonds is 3. The van der Waals surface area contributed by atoms with Crippen LogP contribution < -0.4 is 9.47 Å². The van der Waals surface area contributed by atoms with Crippen molar-refractivity contribution in [3.63, 3.8) is 0 Å². The maximum absolute atomic E-state index is 12.1. The van der Waals surface area contributed by atoms with Gasteiger partial charge in [-0.3, -0.25) is 0 Å². The van der Waals surface area contributed by atoms with Crippen LogP contribution in [0, 0.1) is 6.92 Å². The number of aromatic nitrogens is 1. The molecule has 90 valence electrons. The molecule has 0 aliphatic carbocycles. The molecule has 0 amide bonds. The molecule has 0 fully saturated rings. The summed E-state index contributed by atoms with van der Waals surface area (Å²) in [7, 11) is 1.42. The third-order valence-electron chi connectivity index (χ3n) is 1.78. The summed E-state index contributed by atoms with van der Waals surface area (Å²) in [5, 5.41) is 0.196. The Hall–Kier alpha value is -0.980. The fraction of sp³-hybridized carbons (Fsp3) is 0.444. The molecule has 0 spiro atoms. The van der Waals surface area contributed by atoms with Crippen molar-refractivity contribution >= 4 is 15.9 Å². The van der Waals surface area contributed by atoms with Crippen molar-refractivity contribution in [3.05, 3.63) is 17.3 Å². The summed E-state index contributed by atoms with van der Waals surface area (Å²) in [4.78, 5) is 3.70. The summed E-state index contributed by atoms with van der Waals surface area (Å²) in [5.41, 5.74) is 0.617. The summed E-state index contributed by atoms with van der Waals surface area (Å²) in [6.07, 6.45) is -4.75. The molecule has 0 unspecified atom stereocenters. The Morgan fingerprint density at radius 1 is 1.44 bits per heavy atom. The van der Waals surface area contributed by atoms with Gasteiger partial charge in [-0.1, -0.05) is 15.9 Å². The predicted molar refractivity (Wildman–Crippen MR) is 54.8 cm³/mol. The highest BCUT2D eigenvalue weighted by atomic mass is 79.9. The van der Waals surface area contributed by atoms with E-state index in [-0.39, 0.29) is 10.9 Å². The first kappa shape index (κ1) is 13.1. The standard InChI is InChI=1S/C9H9BrF3NO2/c1-5-7(15-2)3-6(4-10)8(14-5)16-9(11,12)13/h3H,4H2,1-2H3. The molecule has 0 radical (unpaired) electrons. The van der Waals surface area contributed by atoms with Crippen molar-refractivity contribution < 1.29 is 22.6 Å². The lowest BCUT2D eigenvalue weighted by Crippen LogP contribution is -2.19. The van der Waals surface area contributed by atoms with Crippen molar-refractivity contribution in [1.82, 2.24) is 4.98 Å². The molecule has 0 aliphatic rings. The molecule has 0 atom stereocenters.